The van der Waals surface area contributed by atoms with Gasteiger partial charge >= 0.3 is 0 Å². The van der Waals surface area contributed by atoms with Crippen LogP contribution in [0.15, 0.2) is 51.7 Å². The molecule has 4 rings (SSSR count). The molecule has 1 aliphatic heterocycles. The van der Waals surface area contributed by atoms with Crippen LogP contribution in [0.25, 0.3) is 0 Å². The minimum Gasteiger partial charge on any atom is -0.493 e. The fourth-order valence-electron chi connectivity index (χ4n) is 3.54. The SMILES string of the molecule is CCOc1cc(C2=NN(C(=O)c3ccc(N=NC(C#N)c4nn[nH]n4)cc3Cl)CCC2)ccc1OC. The number of aromatic amines is 1. The number of hydrazone groups is 1. The number of aromatic nitrogens is 4. The average Bonchev–Trinajstić information content (AvgIpc) is 3.44. The number of ether oxygens (including phenoxy) is 2. The molecule has 36 heavy (non-hydrogen) atoms. The summed E-state index contributed by atoms with van der Waals surface area (Å²) in [6.07, 6.45) is 1.46. The van der Waals surface area contributed by atoms with Gasteiger partial charge in [-0.3, -0.25) is 4.79 Å². The zero-order chi connectivity index (χ0) is 25.5. The number of tetrazole rings is 1. The number of carbonyl (C=O) groups excluding carboxylic acids is 1. The Balaban J connectivity index is 1.53. The summed E-state index contributed by atoms with van der Waals surface area (Å²) in [7, 11) is 1.59. The van der Waals surface area contributed by atoms with Crippen molar-refractivity contribution in [3.8, 4) is 17.6 Å². The molecule has 12 nitrogen and oxygen atoms in total. The average molecular weight is 508 g/mol. The number of benzene rings is 2. The number of nitrogens with one attached hydrogen (secondary N) is 1. The van der Waals surface area contributed by atoms with Gasteiger partial charge in [-0.25, -0.2) is 5.01 Å². The lowest BCUT2D eigenvalue weighted by Gasteiger charge is -2.24. The minimum atomic E-state index is -1.02. The van der Waals surface area contributed by atoms with Gasteiger partial charge in [-0.2, -0.15) is 25.8 Å². The van der Waals surface area contributed by atoms with Crippen LogP contribution >= 0.6 is 11.6 Å². The summed E-state index contributed by atoms with van der Waals surface area (Å²) in [5.74, 6) is 1.02. The molecule has 3 aromatic rings. The predicted octanol–water partition coefficient (Wildman–Crippen LogP) is 4.25. The number of methoxy groups -OCH3 is 1. The first-order valence-electron chi connectivity index (χ1n) is 11.1. The molecular weight excluding hydrogens is 486 g/mol. The van der Waals surface area contributed by atoms with E-state index >= 15 is 0 Å². The summed E-state index contributed by atoms with van der Waals surface area (Å²) in [6.45, 7) is 2.86. The number of H-pyrrole nitrogens is 1. The highest BCUT2D eigenvalue weighted by molar-refractivity contribution is 6.34. The highest BCUT2D eigenvalue weighted by Crippen LogP contribution is 2.30. The van der Waals surface area contributed by atoms with E-state index in [1.165, 1.54) is 11.1 Å². The molecule has 1 aliphatic rings. The summed E-state index contributed by atoms with van der Waals surface area (Å²) in [6, 6.07) is 11.1. The molecule has 1 N–H and O–H groups in total. The molecule has 0 saturated carbocycles. The molecule has 1 atom stereocenters. The number of azo groups is 1. The van der Waals surface area contributed by atoms with Crippen molar-refractivity contribution >= 4 is 28.9 Å². The van der Waals surface area contributed by atoms with Crippen molar-refractivity contribution in [1.29, 1.82) is 5.26 Å². The second-order valence-corrected chi connectivity index (χ2v) is 7.97. The third-order valence-corrected chi connectivity index (χ3v) is 5.57. The standard InChI is InChI=1S/C23H22ClN9O3/c1-3-36-21-11-14(6-9-20(21)35-2)18-5-4-10-33(30-18)23(34)16-8-7-15(12-17(16)24)26-27-19(13-25)22-28-31-32-29-22/h6-9,11-12,19H,3-5,10H2,1-2H3,(H,28,29,31,32). The van der Waals surface area contributed by atoms with E-state index in [9.17, 15) is 10.1 Å². The lowest BCUT2D eigenvalue weighted by molar-refractivity contribution is 0.0752. The second-order valence-electron chi connectivity index (χ2n) is 7.56. The maximum Gasteiger partial charge on any atom is 0.275 e. The number of halogens is 1. The van der Waals surface area contributed by atoms with Gasteiger partial charge in [0.1, 0.15) is 0 Å². The molecule has 0 spiro atoms. The van der Waals surface area contributed by atoms with Gasteiger partial charge < -0.3 is 9.47 Å². The van der Waals surface area contributed by atoms with Gasteiger partial charge in [0, 0.05) is 12.1 Å². The zero-order valence-electron chi connectivity index (χ0n) is 19.6. The number of nitriles is 1. The van der Waals surface area contributed by atoms with Gasteiger partial charge in [0.2, 0.25) is 11.9 Å². The third-order valence-electron chi connectivity index (χ3n) is 5.26. The van der Waals surface area contributed by atoms with Crippen LogP contribution in [-0.4, -0.2) is 57.5 Å². The van der Waals surface area contributed by atoms with Crippen molar-refractivity contribution in [1.82, 2.24) is 25.6 Å². The summed E-state index contributed by atoms with van der Waals surface area (Å²) in [5.41, 5.74) is 2.26. The van der Waals surface area contributed by atoms with E-state index in [1.54, 1.807) is 19.2 Å². The Morgan fingerprint density at radius 1 is 1.31 bits per heavy atom. The number of amides is 1. The molecule has 1 aromatic heterocycles. The van der Waals surface area contributed by atoms with Crippen molar-refractivity contribution in [2.45, 2.75) is 25.8 Å². The summed E-state index contributed by atoms with van der Waals surface area (Å²) < 4.78 is 11.0. The van der Waals surface area contributed by atoms with Gasteiger partial charge in [0.05, 0.1) is 41.8 Å². The van der Waals surface area contributed by atoms with Gasteiger partial charge in [0.15, 0.2) is 11.5 Å². The van der Waals surface area contributed by atoms with Gasteiger partial charge in [-0.15, -0.1) is 10.2 Å². The van der Waals surface area contributed by atoms with E-state index in [0.29, 0.717) is 30.3 Å². The molecule has 0 bridgehead atoms. The molecule has 0 saturated heterocycles. The van der Waals surface area contributed by atoms with Crippen LogP contribution in [0, 0.1) is 11.3 Å². The first kappa shape index (κ1) is 24.7. The largest absolute Gasteiger partial charge is 0.493 e. The second kappa shape index (κ2) is 11.4. The molecule has 13 heteroatoms. The quantitative estimate of drug-likeness (QED) is 0.447. The Bertz CT molecular complexity index is 1340. The van der Waals surface area contributed by atoms with E-state index in [2.05, 4.69) is 36.0 Å². The summed E-state index contributed by atoms with van der Waals surface area (Å²) in [4.78, 5) is 13.2. The maximum absolute atomic E-state index is 13.2. The van der Waals surface area contributed by atoms with Crippen LogP contribution in [0.5, 0.6) is 11.5 Å². The van der Waals surface area contributed by atoms with Crippen molar-refractivity contribution in [2.75, 3.05) is 20.3 Å². The van der Waals surface area contributed by atoms with Gasteiger partial charge in [-0.1, -0.05) is 16.8 Å². The molecular formula is C23H22ClN9O3. The van der Waals surface area contributed by atoms with Crippen molar-refractivity contribution < 1.29 is 14.3 Å². The molecule has 2 heterocycles. The third kappa shape index (κ3) is 5.47. The summed E-state index contributed by atoms with van der Waals surface area (Å²) in [5, 5.41) is 36.5. The predicted molar refractivity (Wildman–Crippen MR) is 129 cm³/mol. The Labute approximate surface area is 211 Å². The van der Waals surface area contributed by atoms with Crippen LogP contribution in [0.1, 0.15) is 47.6 Å². The van der Waals surface area contributed by atoms with E-state index in [0.717, 1.165) is 24.1 Å². The first-order chi connectivity index (χ1) is 17.5. The Hall–Kier alpha value is -4.37. The topological polar surface area (TPSA) is 154 Å². The van der Waals surface area contributed by atoms with E-state index in [1.807, 2.05) is 31.2 Å². The number of hydrogen-bond acceptors (Lipinski definition) is 10. The highest BCUT2D eigenvalue weighted by Gasteiger charge is 2.23. The molecule has 184 valence electrons. The van der Waals surface area contributed by atoms with Crippen LogP contribution in [-0.2, 0) is 0 Å². The minimum absolute atomic E-state index is 0.100. The van der Waals surface area contributed by atoms with Crippen molar-refractivity contribution in [2.24, 2.45) is 15.3 Å². The lowest BCUT2D eigenvalue weighted by Crippen LogP contribution is -2.32. The fourth-order valence-corrected chi connectivity index (χ4v) is 3.79. The maximum atomic E-state index is 13.2. The number of nitrogens with zero attached hydrogens (tertiary/aromatic N) is 8. The number of rotatable bonds is 8. The normalized spacial score (nSPS) is 14.3. The first-order valence-corrected chi connectivity index (χ1v) is 11.5. The Morgan fingerprint density at radius 2 is 2.17 bits per heavy atom. The molecule has 2 aromatic carbocycles. The zero-order valence-corrected chi connectivity index (χ0v) is 20.3. The lowest BCUT2D eigenvalue weighted by atomic mass is 10.0. The molecule has 0 radical (unpaired) electrons. The number of hydrogen-bond donors (Lipinski definition) is 1. The van der Waals surface area contributed by atoms with Crippen LogP contribution in [0.3, 0.4) is 0 Å². The van der Waals surface area contributed by atoms with Gasteiger partial charge in [-0.05, 0) is 56.2 Å². The van der Waals surface area contributed by atoms with Crippen molar-refractivity contribution in [3.05, 3.63) is 58.4 Å². The monoisotopic (exact) mass is 507 g/mol. The fraction of sp³-hybridized carbons (Fsp3) is 0.304. The molecule has 1 unspecified atom stereocenters. The van der Waals surface area contributed by atoms with E-state index < -0.39 is 6.04 Å². The molecule has 0 aliphatic carbocycles. The van der Waals surface area contributed by atoms with E-state index in [-0.39, 0.29) is 22.3 Å². The van der Waals surface area contributed by atoms with Gasteiger partial charge in [0.25, 0.3) is 5.91 Å². The Morgan fingerprint density at radius 3 is 2.86 bits per heavy atom. The van der Waals surface area contributed by atoms with Crippen LogP contribution in [0.4, 0.5) is 5.69 Å². The highest BCUT2D eigenvalue weighted by atomic mass is 35.5. The smallest absolute Gasteiger partial charge is 0.275 e. The Kier molecular flexibility index (Phi) is 7.82. The molecule has 1 amide bonds. The van der Waals surface area contributed by atoms with Crippen LogP contribution in [0.2, 0.25) is 5.02 Å². The van der Waals surface area contributed by atoms with E-state index in [4.69, 9.17) is 21.1 Å². The molecule has 0 fully saturated rings. The van der Waals surface area contributed by atoms with Crippen LogP contribution < -0.4 is 9.47 Å². The summed E-state index contributed by atoms with van der Waals surface area (Å²) >= 11 is 6.40. The van der Waals surface area contributed by atoms with Crippen molar-refractivity contribution in [3.63, 3.8) is 0 Å². The number of carbonyl (C=O) groups is 1.